The van der Waals surface area contributed by atoms with Crippen LogP contribution in [0.3, 0.4) is 0 Å². The van der Waals surface area contributed by atoms with Crippen LogP contribution in [0.5, 0.6) is 0 Å². The van der Waals surface area contributed by atoms with E-state index in [1.165, 1.54) is 12.7 Å². The minimum Gasteiger partial charge on any atom is -0.711 e. The molecule has 3 rings (SSSR count). The fraction of sp³-hybridized carbons (Fsp3) is 0.167. The van der Waals surface area contributed by atoms with Crippen molar-refractivity contribution in [3.05, 3.63) is 47.4 Å². The number of hydrogen-bond donors (Lipinski definition) is 0. The summed E-state index contributed by atoms with van der Waals surface area (Å²) in [6.45, 7) is 3.64. The molecule has 0 N–H and O–H groups in total. The van der Waals surface area contributed by atoms with Crippen molar-refractivity contribution in [3.63, 3.8) is 0 Å². The van der Waals surface area contributed by atoms with Gasteiger partial charge in [0.15, 0.2) is 11.3 Å². The number of fused-ring (bicyclic) bond motifs is 1. The SMILES string of the molecule is Cc1nc[n+]([O-])c(C)c1-c1cccc2ncnn12. The molecule has 0 bridgehead atoms. The molecule has 6 nitrogen and oxygen atoms in total. The Labute approximate surface area is 103 Å². The summed E-state index contributed by atoms with van der Waals surface area (Å²) in [5.74, 6) is 0. The van der Waals surface area contributed by atoms with Gasteiger partial charge in [-0.15, -0.1) is 0 Å². The molecule has 0 saturated heterocycles. The van der Waals surface area contributed by atoms with Crippen LogP contribution < -0.4 is 4.73 Å². The van der Waals surface area contributed by atoms with Crippen LogP contribution in [0.4, 0.5) is 0 Å². The van der Waals surface area contributed by atoms with Crippen LogP contribution in [0.25, 0.3) is 16.9 Å². The first-order valence-electron chi connectivity index (χ1n) is 5.53. The Hall–Kier alpha value is -2.50. The van der Waals surface area contributed by atoms with Gasteiger partial charge in [0.2, 0.25) is 0 Å². The second-order valence-corrected chi connectivity index (χ2v) is 4.06. The van der Waals surface area contributed by atoms with Crippen molar-refractivity contribution in [2.24, 2.45) is 0 Å². The van der Waals surface area contributed by atoms with Crippen molar-refractivity contribution in [1.29, 1.82) is 0 Å². The van der Waals surface area contributed by atoms with Crippen molar-refractivity contribution in [3.8, 4) is 11.3 Å². The van der Waals surface area contributed by atoms with Gasteiger partial charge in [0.25, 0.3) is 6.33 Å². The van der Waals surface area contributed by atoms with Crippen LogP contribution in [-0.2, 0) is 0 Å². The summed E-state index contributed by atoms with van der Waals surface area (Å²) in [6.07, 6.45) is 2.76. The molecule has 18 heavy (non-hydrogen) atoms. The van der Waals surface area contributed by atoms with E-state index < -0.39 is 0 Å². The Kier molecular flexibility index (Phi) is 2.22. The minimum atomic E-state index is 0.602. The highest BCUT2D eigenvalue weighted by Crippen LogP contribution is 2.23. The van der Waals surface area contributed by atoms with Gasteiger partial charge in [-0.3, -0.25) is 0 Å². The number of rotatable bonds is 1. The van der Waals surface area contributed by atoms with E-state index in [-0.39, 0.29) is 0 Å². The third kappa shape index (κ3) is 1.42. The highest BCUT2D eigenvalue weighted by Gasteiger charge is 2.17. The van der Waals surface area contributed by atoms with Crippen molar-refractivity contribution < 1.29 is 4.73 Å². The van der Waals surface area contributed by atoms with Gasteiger partial charge in [-0.2, -0.15) is 5.10 Å². The summed E-state index contributed by atoms with van der Waals surface area (Å²) in [7, 11) is 0. The molecule has 90 valence electrons. The summed E-state index contributed by atoms with van der Waals surface area (Å²) in [5, 5.41) is 15.8. The van der Waals surface area contributed by atoms with E-state index in [2.05, 4.69) is 15.1 Å². The monoisotopic (exact) mass is 241 g/mol. The van der Waals surface area contributed by atoms with E-state index in [4.69, 9.17) is 0 Å². The van der Waals surface area contributed by atoms with Gasteiger partial charge in [-0.1, -0.05) is 11.1 Å². The second-order valence-electron chi connectivity index (χ2n) is 4.06. The Bertz CT molecular complexity index is 734. The van der Waals surface area contributed by atoms with E-state index in [0.717, 1.165) is 27.3 Å². The molecule has 3 heterocycles. The zero-order valence-corrected chi connectivity index (χ0v) is 10.0. The molecule has 0 spiro atoms. The molecule has 0 aromatic carbocycles. The lowest BCUT2D eigenvalue weighted by Gasteiger charge is -2.11. The van der Waals surface area contributed by atoms with Crippen LogP contribution in [0.15, 0.2) is 30.9 Å². The van der Waals surface area contributed by atoms with Crippen LogP contribution in [0.1, 0.15) is 11.4 Å². The smallest absolute Gasteiger partial charge is 0.289 e. The standard InChI is InChI=1S/C12H11N5O/c1-8-12(9(2)16(18)7-14-8)10-4-3-5-11-13-6-15-17(10)11/h3-7H,1-2H3. The van der Waals surface area contributed by atoms with Gasteiger partial charge in [0.05, 0.1) is 11.3 Å². The number of aromatic nitrogens is 5. The first-order valence-corrected chi connectivity index (χ1v) is 5.53. The summed E-state index contributed by atoms with van der Waals surface area (Å²) in [6, 6.07) is 5.65. The maximum Gasteiger partial charge on any atom is 0.289 e. The largest absolute Gasteiger partial charge is 0.711 e. The summed E-state index contributed by atoms with van der Waals surface area (Å²) >= 11 is 0. The van der Waals surface area contributed by atoms with Gasteiger partial charge in [-0.25, -0.2) is 14.2 Å². The van der Waals surface area contributed by atoms with Gasteiger partial charge < -0.3 is 5.21 Å². The third-order valence-electron chi connectivity index (χ3n) is 2.97. The maximum absolute atomic E-state index is 11.6. The Morgan fingerprint density at radius 2 is 2.06 bits per heavy atom. The maximum atomic E-state index is 11.6. The first kappa shape index (κ1) is 10.6. The molecule has 0 aliphatic carbocycles. The molecule has 3 aromatic heterocycles. The fourth-order valence-electron chi connectivity index (χ4n) is 2.07. The van der Waals surface area contributed by atoms with Crippen LogP contribution in [-0.4, -0.2) is 19.6 Å². The lowest BCUT2D eigenvalue weighted by atomic mass is 10.1. The molecule has 0 aliphatic heterocycles. The molecule has 0 aliphatic rings. The average Bonchev–Trinajstić information content (AvgIpc) is 2.83. The molecule has 0 amide bonds. The van der Waals surface area contributed by atoms with Crippen LogP contribution in [0, 0.1) is 19.1 Å². The summed E-state index contributed by atoms with van der Waals surface area (Å²) < 4.78 is 2.47. The molecule has 0 atom stereocenters. The predicted octanol–water partition coefficient (Wildman–Crippen LogP) is 1.04. The number of nitrogens with zero attached hydrogens (tertiary/aromatic N) is 5. The van der Waals surface area contributed by atoms with Gasteiger partial charge in [0.1, 0.15) is 12.0 Å². The third-order valence-corrected chi connectivity index (χ3v) is 2.97. The van der Waals surface area contributed by atoms with Gasteiger partial charge >= 0.3 is 0 Å². The molecule has 0 radical (unpaired) electrons. The zero-order valence-electron chi connectivity index (χ0n) is 10.0. The summed E-state index contributed by atoms with van der Waals surface area (Å²) in [4.78, 5) is 8.23. The van der Waals surface area contributed by atoms with Crippen molar-refractivity contribution in [2.45, 2.75) is 13.8 Å². The average molecular weight is 241 g/mol. The molecule has 3 aromatic rings. The first-order chi connectivity index (χ1) is 8.68. The Morgan fingerprint density at radius 1 is 1.22 bits per heavy atom. The minimum absolute atomic E-state index is 0.602. The van der Waals surface area contributed by atoms with Crippen molar-refractivity contribution >= 4 is 5.65 Å². The quantitative estimate of drug-likeness (QED) is 0.471. The number of hydrogen-bond acceptors (Lipinski definition) is 4. The van der Waals surface area contributed by atoms with E-state index in [0.29, 0.717) is 5.69 Å². The topological polar surface area (TPSA) is 70.0 Å². The molecule has 0 saturated carbocycles. The fourth-order valence-corrected chi connectivity index (χ4v) is 2.07. The van der Waals surface area contributed by atoms with E-state index in [1.807, 2.05) is 25.1 Å². The van der Waals surface area contributed by atoms with Crippen molar-refractivity contribution in [1.82, 2.24) is 19.6 Å². The van der Waals surface area contributed by atoms with Crippen LogP contribution in [0.2, 0.25) is 0 Å². The van der Waals surface area contributed by atoms with E-state index in [1.54, 1.807) is 11.4 Å². The zero-order chi connectivity index (χ0) is 12.7. The second kappa shape index (κ2) is 3.76. The van der Waals surface area contributed by atoms with Crippen LogP contribution >= 0.6 is 0 Å². The molecule has 6 heteroatoms. The number of aryl methyl sites for hydroxylation is 1. The lowest BCUT2D eigenvalue weighted by molar-refractivity contribution is -0.615. The molecule has 0 fully saturated rings. The molecule has 0 unspecified atom stereocenters. The normalized spacial score (nSPS) is 11.0. The Balaban J connectivity index is 2.39. The molecular formula is C12H11N5O. The van der Waals surface area contributed by atoms with Crippen molar-refractivity contribution in [2.75, 3.05) is 0 Å². The summed E-state index contributed by atoms with van der Waals surface area (Å²) in [5.41, 5.74) is 3.75. The van der Waals surface area contributed by atoms with Gasteiger partial charge in [-0.05, 0) is 19.1 Å². The number of pyridine rings is 1. The highest BCUT2D eigenvalue weighted by molar-refractivity contribution is 5.66. The highest BCUT2D eigenvalue weighted by atomic mass is 16.5. The lowest BCUT2D eigenvalue weighted by Crippen LogP contribution is -2.31. The van der Waals surface area contributed by atoms with Gasteiger partial charge in [0, 0.05) is 6.92 Å². The van der Waals surface area contributed by atoms with E-state index in [9.17, 15) is 5.21 Å². The molecular weight excluding hydrogens is 230 g/mol. The predicted molar refractivity (Wildman–Crippen MR) is 64.7 cm³/mol. The van der Waals surface area contributed by atoms with E-state index >= 15 is 0 Å². The Morgan fingerprint density at radius 3 is 2.89 bits per heavy atom.